The summed E-state index contributed by atoms with van der Waals surface area (Å²) < 4.78 is 0. The Kier molecular flexibility index (Phi) is 2.44. The molecule has 3 aromatic rings. The third-order valence-electron chi connectivity index (χ3n) is 2.71. The first kappa shape index (κ1) is 10.7. The van der Waals surface area contributed by atoms with Crippen molar-refractivity contribution in [3.8, 4) is 0 Å². The van der Waals surface area contributed by atoms with E-state index in [4.69, 9.17) is 0 Å². The van der Waals surface area contributed by atoms with Crippen molar-refractivity contribution in [2.24, 2.45) is 0 Å². The molecule has 2 N–H and O–H groups in total. The van der Waals surface area contributed by atoms with Crippen LogP contribution in [0.3, 0.4) is 0 Å². The third-order valence-corrected chi connectivity index (χ3v) is 2.71. The van der Waals surface area contributed by atoms with Crippen LogP contribution in [0.1, 0.15) is 11.4 Å². The molecule has 0 amide bonds. The van der Waals surface area contributed by atoms with Gasteiger partial charge in [0, 0.05) is 5.69 Å². The number of aromatic amines is 1. The lowest BCUT2D eigenvalue weighted by Crippen LogP contribution is -1.98. The van der Waals surface area contributed by atoms with Gasteiger partial charge in [-0.2, -0.15) is 0 Å². The van der Waals surface area contributed by atoms with Crippen molar-refractivity contribution in [2.45, 2.75) is 13.8 Å². The zero-order valence-electron chi connectivity index (χ0n) is 10.2. The SMILES string of the molecule is Cc1ccc(Nc2nc(C)nc3nc[nH]c23)cc1. The summed E-state index contributed by atoms with van der Waals surface area (Å²) in [5, 5.41) is 3.28. The summed E-state index contributed by atoms with van der Waals surface area (Å²) >= 11 is 0. The Bertz CT molecular complexity index is 684. The monoisotopic (exact) mass is 239 g/mol. The minimum atomic E-state index is 0.678. The molecule has 0 saturated heterocycles. The van der Waals surface area contributed by atoms with Gasteiger partial charge in [-0.15, -0.1) is 0 Å². The molecule has 0 aliphatic rings. The topological polar surface area (TPSA) is 66.5 Å². The van der Waals surface area contributed by atoms with Crippen molar-refractivity contribution < 1.29 is 0 Å². The zero-order chi connectivity index (χ0) is 12.5. The van der Waals surface area contributed by atoms with E-state index in [9.17, 15) is 0 Å². The van der Waals surface area contributed by atoms with E-state index in [0.29, 0.717) is 11.5 Å². The average molecular weight is 239 g/mol. The van der Waals surface area contributed by atoms with Gasteiger partial charge in [0.1, 0.15) is 11.3 Å². The fourth-order valence-corrected chi connectivity index (χ4v) is 1.81. The van der Waals surface area contributed by atoms with Gasteiger partial charge in [0.05, 0.1) is 6.33 Å². The number of nitrogens with zero attached hydrogens (tertiary/aromatic N) is 3. The smallest absolute Gasteiger partial charge is 0.183 e. The number of hydrogen-bond acceptors (Lipinski definition) is 4. The standard InChI is InChI=1S/C13H13N5/c1-8-3-5-10(6-4-8)18-13-11-12(15-7-14-11)16-9(2)17-13/h3-7H,1-2H3,(H2,14,15,16,17,18). The molecule has 3 rings (SSSR count). The second-order valence-corrected chi connectivity index (χ2v) is 4.21. The summed E-state index contributed by atoms with van der Waals surface area (Å²) in [6.45, 7) is 3.92. The zero-order valence-corrected chi connectivity index (χ0v) is 10.2. The summed E-state index contributed by atoms with van der Waals surface area (Å²) in [5.41, 5.74) is 3.72. The number of nitrogens with one attached hydrogen (secondary N) is 2. The lowest BCUT2D eigenvalue weighted by atomic mass is 10.2. The molecule has 90 valence electrons. The minimum Gasteiger partial charge on any atom is -0.340 e. The highest BCUT2D eigenvalue weighted by Gasteiger charge is 2.07. The highest BCUT2D eigenvalue weighted by molar-refractivity contribution is 5.84. The maximum atomic E-state index is 4.40. The van der Waals surface area contributed by atoms with Gasteiger partial charge in [0.2, 0.25) is 0 Å². The number of benzene rings is 1. The summed E-state index contributed by atoms with van der Waals surface area (Å²) in [6, 6.07) is 8.16. The van der Waals surface area contributed by atoms with Crippen LogP contribution in [0.15, 0.2) is 30.6 Å². The predicted octanol–water partition coefficient (Wildman–Crippen LogP) is 2.71. The van der Waals surface area contributed by atoms with Crippen LogP contribution >= 0.6 is 0 Å². The minimum absolute atomic E-state index is 0.678. The van der Waals surface area contributed by atoms with Crippen molar-refractivity contribution in [3.63, 3.8) is 0 Å². The van der Waals surface area contributed by atoms with Crippen LogP contribution in [0.2, 0.25) is 0 Å². The van der Waals surface area contributed by atoms with Gasteiger partial charge in [-0.05, 0) is 26.0 Å². The maximum absolute atomic E-state index is 4.40. The molecule has 0 spiro atoms. The molecule has 5 nitrogen and oxygen atoms in total. The number of hydrogen-bond donors (Lipinski definition) is 2. The Hall–Kier alpha value is -2.43. The van der Waals surface area contributed by atoms with E-state index in [1.165, 1.54) is 5.56 Å². The summed E-state index contributed by atoms with van der Waals surface area (Å²) in [6.07, 6.45) is 1.62. The molecule has 0 fully saturated rings. The second kappa shape index (κ2) is 4.10. The summed E-state index contributed by atoms with van der Waals surface area (Å²) in [5.74, 6) is 1.45. The normalized spacial score (nSPS) is 10.8. The Labute approximate surface area is 104 Å². The third kappa shape index (κ3) is 1.90. The number of rotatable bonds is 2. The number of aryl methyl sites for hydroxylation is 2. The quantitative estimate of drug-likeness (QED) is 0.721. The summed E-state index contributed by atoms with van der Waals surface area (Å²) in [4.78, 5) is 15.9. The molecular weight excluding hydrogens is 226 g/mol. The van der Waals surface area contributed by atoms with E-state index in [-0.39, 0.29) is 0 Å². The number of aromatic nitrogens is 4. The Morgan fingerprint density at radius 3 is 2.61 bits per heavy atom. The van der Waals surface area contributed by atoms with Crippen molar-refractivity contribution in [1.82, 2.24) is 19.9 Å². The molecule has 0 aliphatic carbocycles. The molecule has 2 heterocycles. The average Bonchev–Trinajstić information content (AvgIpc) is 2.80. The molecule has 0 aliphatic heterocycles. The van der Waals surface area contributed by atoms with E-state index in [2.05, 4.69) is 44.3 Å². The van der Waals surface area contributed by atoms with E-state index < -0.39 is 0 Å². The van der Waals surface area contributed by atoms with Crippen molar-refractivity contribution >= 4 is 22.7 Å². The molecule has 18 heavy (non-hydrogen) atoms. The van der Waals surface area contributed by atoms with Gasteiger partial charge in [-0.1, -0.05) is 17.7 Å². The second-order valence-electron chi connectivity index (χ2n) is 4.21. The first-order valence-corrected chi connectivity index (χ1v) is 5.74. The first-order valence-electron chi connectivity index (χ1n) is 5.74. The van der Waals surface area contributed by atoms with Gasteiger partial charge >= 0.3 is 0 Å². The molecular formula is C13H13N5. The van der Waals surface area contributed by atoms with E-state index >= 15 is 0 Å². The van der Waals surface area contributed by atoms with Crippen LogP contribution in [-0.4, -0.2) is 19.9 Å². The van der Waals surface area contributed by atoms with Crippen molar-refractivity contribution in [1.29, 1.82) is 0 Å². The van der Waals surface area contributed by atoms with Gasteiger partial charge in [-0.3, -0.25) is 0 Å². The van der Waals surface area contributed by atoms with Gasteiger partial charge in [0.15, 0.2) is 11.5 Å². The van der Waals surface area contributed by atoms with Crippen molar-refractivity contribution in [3.05, 3.63) is 42.0 Å². The van der Waals surface area contributed by atoms with Crippen LogP contribution in [0.25, 0.3) is 11.2 Å². The number of anilines is 2. The number of imidazole rings is 1. The van der Waals surface area contributed by atoms with Gasteiger partial charge in [-0.25, -0.2) is 15.0 Å². The molecule has 0 unspecified atom stereocenters. The molecule has 0 radical (unpaired) electrons. The molecule has 5 heteroatoms. The highest BCUT2D eigenvalue weighted by Crippen LogP contribution is 2.21. The molecule has 0 saturated carbocycles. The lowest BCUT2D eigenvalue weighted by molar-refractivity contribution is 1.08. The van der Waals surface area contributed by atoms with Crippen molar-refractivity contribution in [2.75, 3.05) is 5.32 Å². The molecule has 0 atom stereocenters. The van der Waals surface area contributed by atoms with E-state index in [1.54, 1.807) is 6.33 Å². The fraction of sp³-hybridized carbons (Fsp3) is 0.154. The number of H-pyrrole nitrogens is 1. The lowest BCUT2D eigenvalue weighted by Gasteiger charge is -2.07. The maximum Gasteiger partial charge on any atom is 0.183 e. The van der Waals surface area contributed by atoms with Crippen LogP contribution in [0.5, 0.6) is 0 Å². The Balaban J connectivity index is 2.03. The molecule has 0 bridgehead atoms. The largest absolute Gasteiger partial charge is 0.340 e. The Morgan fingerprint density at radius 1 is 1.06 bits per heavy atom. The van der Waals surface area contributed by atoms with Gasteiger partial charge < -0.3 is 10.3 Å². The Morgan fingerprint density at radius 2 is 1.83 bits per heavy atom. The highest BCUT2D eigenvalue weighted by atomic mass is 15.1. The van der Waals surface area contributed by atoms with Crippen LogP contribution in [0.4, 0.5) is 11.5 Å². The molecule has 1 aromatic carbocycles. The number of fused-ring (bicyclic) bond motifs is 1. The molecule has 2 aromatic heterocycles. The van der Waals surface area contributed by atoms with Crippen LogP contribution < -0.4 is 5.32 Å². The van der Waals surface area contributed by atoms with E-state index in [1.807, 2.05) is 19.1 Å². The summed E-state index contributed by atoms with van der Waals surface area (Å²) in [7, 11) is 0. The van der Waals surface area contributed by atoms with Crippen LogP contribution in [-0.2, 0) is 0 Å². The fourth-order valence-electron chi connectivity index (χ4n) is 1.81. The van der Waals surface area contributed by atoms with Gasteiger partial charge in [0.25, 0.3) is 0 Å². The van der Waals surface area contributed by atoms with Crippen LogP contribution in [0, 0.1) is 13.8 Å². The predicted molar refractivity (Wildman–Crippen MR) is 70.9 cm³/mol. The first-order chi connectivity index (χ1) is 8.72. The van der Waals surface area contributed by atoms with E-state index in [0.717, 1.165) is 17.0 Å².